The minimum Gasteiger partial charge on any atom is -0.352 e. The fraction of sp³-hybridized carbons (Fsp3) is 0.263. The standard InChI is InChI=1S/C19H18FN3O/c1-12-8-13(2-5-16(12)20)14-9-18-17(21-10-14)6-7-23(18)11-19(24)22-15-3-4-15/h2,5-10,15H,3-4,11H2,1H3,(H,22,24). The second-order valence-corrected chi connectivity index (χ2v) is 6.38. The first-order valence-corrected chi connectivity index (χ1v) is 8.11. The zero-order chi connectivity index (χ0) is 16.7. The molecule has 1 aromatic carbocycles. The Morgan fingerprint density at radius 3 is 2.88 bits per heavy atom. The number of hydrogen-bond donors (Lipinski definition) is 1. The molecule has 4 nitrogen and oxygen atoms in total. The summed E-state index contributed by atoms with van der Waals surface area (Å²) in [6, 6.07) is 9.29. The Hall–Kier alpha value is -2.69. The van der Waals surface area contributed by atoms with Crippen molar-refractivity contribution < 1.29 is 9.18 Å². The largest absolute Gasteiger partial charge is 0.352 e. The van der Waals surface area contributed by atoms with E-state index in [1.54, 1.807) is 19.2 Å². The predicted octanol–water partition coefficient (Wildman–Crippen LogP) is 3.43. The minimum absolute atomic E-state index is 0.0260. The van der Waals surface area contributed by atoms with E-state index >= 15 is 0 Å². The zero-order valence-electron chi connectivity index (χ0n) is 13.4. The molecule has 0 radical (unpaired) electrons. The van der Waals surface area contributed by atoms with Crippen LogP contribution >= 0.6 is 0 Å². The van der Waals surface area contributed by atoms with Crippen LogP contribution in [0.5, 0.6) is 0 Å². The number of nitrogens with zero attached hydrogens (tertiary/aromatic N) is 2. The Kier molecular flexibility index (Phi) is 3.56. The van der Waals surface area contributed by atoms with Gasteiger partial charge in [-0.05, 0) is 55.2 Å². The summed E-state index contributed by atoms with van der Waals surface area (Å²) in [5, 5.41) is 2.99. The van der Waals surface area contributed by atoms with Gasteiger partial charge in [0.15, 0.2) is 0 Å². The van der Waals surface area contributed by atoms with Crippen molar-refractivity contribution in [1.82, 2.24) is 14.9 Å². The zero-order valence-corrected chi connectivity index (χ0v) is 13.4. The molecule has 1 saturated carbocycles. The topological polar surface area (TPSA) is 46.9 Å². The Bertz CT molecular complexity index is 928. The SMILES string of the molecule is Cc1cc(-c2cnc3ccn(CC(=O)NC4CC4)c3c2)ccc1F. The molecule has 3 aromatic rings. The van der Waals surface area contributed by atoms with Crippen LogP contribution in [0.4, 0.5) is 4.39 Å². The number of rotatable bonds is 4. The Labute approximate surface area is 139 Å². The summed E-state index contributed by atoms with van der Waals surface area (Å²) in [7, 11) is 0. The number of aromatic nitrogens is 2. The first-order chi connectivity index (χ1) is 11.6. The van der Waals surface area contributed by atoms with Crippen molar-refractivity contribution in [3.63, 3.8) is 0 Å². The maximum atomic E-state index is 13.5. The quantitative estimate of drug-likeness (QED) is 0.799. The second kappa shape index (κ2) is 5.74. The molecule has 1 N–H and O–H groups in total. The third-order valence-corrected chi connectivity index (χ3v) is 4.37. The van der Waals surface area contributed by atoms with E-state index in [0.29, 0.717) is 11.6 Å². The van der Waals surface area contributed by atoms with Crippen molar-refractivity contribution in [2.45, 2.75) is 32.4 Å². The number of nitrogens with one attached hydrogen (secondary N) is 1. The molecule has 0 saturated heterocycles. The van der Waals surface area contributed by atoms with Crippen LogP contribution in [0, 0.1) is 12.7 Å². The van der Waals surface area contributed by atoms with E-state index in [2.05, 4.69) is 10.3 Å². The molecule has 1 aliphatic carbocycles. The number of pyridine rings is 1. The molecule has 0 spiro atoms. The molecular weight excluding hydrogens is 305 g/mol. The number of halogens is 1. The molecule has 0 aliphatic heterocycles. The Balaban J connectivity index is 1.66. The summed E-state index contributed by atoms with van der Waals surface area (Å²) in [5.41, 5.74) is 4.18. The molecule has 0 atom stereocenters. The van der Waals surface area contributed by atoms with Crippen LogP contribution in [0.1, 0.15) is 18.4 Å². The summed E-state index contributed by atoms with van der Waals surface area (Å²) in [5.74, 6) is -0.189. The van der Waals surface area contributed by atoms with Crippen LogP contribution in [-0.4, -0.2) is 21.5 Å². The highest BCUT2D eigenvalue weighted by atomic mass is 19.1. The van der Waals surface area contributed by atoms with Gasteiger partial charge in [-0.25, -0.2) is 4.39 Å². The van der Waals surface area contributed by atoms with Crippen LogP contribution in [0.3, 0.4) is 0 Å². The highest BCUT2D eigenvalue weighted by molar-refractivity contribution is 5.84. The number of carbonyl (C=O) groups is 1. The molecular formula is C19H18FN3O. The first kappa shape index (κ1) is 14.9. The van der Waals surface area contributed by atoms with E-state index in [1.165, 1.54) is 6.07 Å². The molecule has 122 valence electrons. The molecule has 2 aromatic heterocycles. The number of aryl methyl sites for hydroxylation is 1. The maximum absolute atomic E-state index is 13.5. The van der Waals surface area contributed by atoms with E-state index in [0.717, 1.165) is 35.0 Å². The van der Waals surface area contributed by atoms with Gasteiger partial charge in [0.25, 0.3) is 0 Å². The number of benzene rings is 1. The lowest BCUT2D eigenvalue weighted by atomic mass is 10.0. The molecule has 24 heavy (non-hydrogen) atoms. The van der Waals surface area contributed by atoms with Gasteiger partial charge >= 0.3 is 0 Å². The Morgan fingerprint density at radius 1 is 1.29 bits per heavy atom. The summed E-state index contributed by atoms with van der Waals surface area (Å²) < 4.78 is 15.4. The van der Waals surface area contributed by atoms with E-state index in [4.69, 9.17) is 0 Å². The fourth-order valence-electron chi connectivity index (χ4n) is 2.84. The second-order valence-electron chi connectivity index (χ2n) is 6.38. The lowest BCUT2D eigenvalue weighted by Gasteiger charge is -2.08. The molecule has 0 bridgehead atoms. The molecule has 4 rings (SSSR count). The Morgan fingerprint density at radius 2 is 2.12 bits per heavy atom. The number of carbonyl (C=O) groups excluding carboxylic acids is 1. The van der Waals surface area contributed by atoms with E-state index in [-0.39, 0.29) is 18.3 Å². The van der Waals surface area contributed by atoms with E-state index < -0.39 is 0 Å². The number of amides is 1. The average molecular weight is 323 g/mol. The summed E-state index contributed by atoms with van der Waals surface area (Å²) >= 11 is 0. The average Bonchev–Trinajstić information content (AvgIpc) is 3.29. The number of fused-ring (bicyclic) bond motifs is 1. The minimum atomic E-state index is -0.215. The van der Waals surface area contributed by atoms with Crippen molar-refractivity contribution >= 4 is 16.9 Å². The normalized spacial score (nSPS) is 14.1. The smallest absolute Gasteiger partial charge is 0.240 e. The summed E-state index contributed by atoms with van der Waals surface area (Å²) in [6.45, 7) is 2.03. The van der Waals surface area contributed by atoms with E-state index in [1.807, 2.05) is 29.0 Å². The van der Waals surface area contributed by atoms with Gasteiger partial charge in [0.2, 0.25) is 5.91 Å². The van der Waals surface area contributed by atoms with Crippen molar-refractivity contribution in [2.75, 3.05) is 0 Å². The summed E-state index contributed by atoms with van der Waals surface area (Å²) in [4.78, 5) is 16.5. The maximum Gasteiger partial charge on any atom is 0.240 e. The van der Waals surface area contributed by atoms with Crippen molar-refractivity contribution in [2.24, 2.45) is 0 Å². The molecule has 1 fully saturated rings. The molecule has 5 heteroatoms. The van der Waals surface area contributed by atoms with Crippen molar-refractivity contribution in [3.8, 4) is 11.1 Å². The monoisotopic (exact) mass is 323 g/mol. The third kappa shape index (κ3) is 2.89. The number of hydrogen-bond acceptors (Lipinski definition) is 2. The highest BCUT2D eigenvalue weighted by Gasteiger charge is 2.23. The van der Waals surface area contributed by atoms with Gasteiger partial charge in [-0.15, -0.1) is 0 Å². The molecule has 0 unspecified atom stereocenters. The van der Waals surface area contributed by atoms with Crippen LogP contribution in [-0.2, 0) is 11.3 Å². The van der Waals surface area contributed by atoms with Gasteiger partial charge in [0, 0.05) is 24.0 Å². The van der Waals surface area contributed by atoms with Gasteiger partial charge in [-0.2, -0.15) is 0 Å². The van der Waals surface area contributed by atoms with Gasteiger partial charge in [-0.3, -0.25) is 9.78 Å². The third-order valence-electron chi connectivity index (χ3n) is 4.37. The highest BCUT2D eigenvalue weighted by Crippen LogP contribution is 2.25. The van der Waals surface area contributed by atoms with Crippen molar-refractivity contribution in [3.05, 3.63) is 54.1 Å². The molecule has 2 heterocycles. The lowest BCUT2D eigenvalue weighted by molar-refractivity contribution is -0.121. The van der Waals surface area contributed by atoms with Gasteiger partial charge in [0.1, 0.15) is 12.4 Å². The van der Waals surface area contributed by atoms with Gasteiger partial charge < -0.3 is 9.88 Å². The molecule has 1 aliphatic rings. The molecule has 1 amide bonds. The van der Waals surface area contributed by atoms with E-state index in [9.17, 15) is 9.18 Å². The lowest BCUT2D eigenvalue weighted by Crippen LogP contribution is -2.29. The van der Waals surface area contributed by atoms with Gasteiger partial charge in [-0.1, -0.05) is 6.07 Å². The van der Waals surface area contributed by atoms with Crippen LogP contribution in [0.15, 0.2) is 42.7 Å². The first-order valence-electron chi connectivity index (χ1n) is 8.11. The van der Waals surface area contributed by atoms with Crippen LogP contribution < -0.4 is 5.32 Å². The predicted molar refractivity (Wildman–Crippen MR) is 91.0 cm³/mol. The van der Waals surface area contributed by atoms with Crippen LogP contribution in [0.25, 0.3) is 22.2 Å². The summed E-state index contributed by atoms with van der Waals surface area (Å²) in [6.07, 6.45) is 5.81. The van der Waals surface area contributed by atoms with Crippen LogP contribution in [0.2, 0.25) is 0 Å². The van der Waals surface area contributed by atoms with Gasteiger partial charge in [0.05, 0.1) is 11.0 Å². The van der Waals surface area contributed by atoms with Crippen molar-refractivity contribution in [1.29, 1.82) is 0 Å². The fourth-order valence-corrected chi connectivity index (χ4v) is 2.84.